The Morgan fingerprint density at radius 3 is 2.74 bits per heavy atom. The van der Waals surface area contributed by atoms with E-state index in [9.17, 15) is 4.79 Å². The van der Waals surface area contributed by atoms with Crippen LogP contribution in [0.4, 0.5) is 0 Å². The first-order valence-corrected chi connectivity index (χ1v) is 7.65. The van der Waals surface area contributed by atoms with Gasteiger partial charge in [0.05, 0.1) is 6.10 Å². The molecule has 0 aromatic carbocycles. The lowest BCUT2D eigenvalue weighted by molar-refractivity contribution is -0.127. The van der Waals surface area contributed by atoms with E-state index in [0.29, 0.717) is 12.0 Å². The summed E-state index contributed by atoms with van der Waals surface area (Å²) >= 11 is 0. The van der Waals surface area contributed by atoms with Crippen molar-refractivity contribution < 1.29 is 9.53 Å². The molecule has 0 spiro atoms. The molecule has 0 aromatic rings. The summed E-state index contributed by atoms with van der Waals surface area (Å²) in [5.74, 6) is 0.781. The summed E-state index contributed by atoms with van der Waals surface area (Å²) in [4.78, 5) is 12.1. The summed E-state index contributed by atoms with van der Waals surface area (Å²) in [7, 11) is 0. The lowest BCUT2D eigenvalue weighted by atomic mass is 9.78. The number of rotatable bonds is 7. The lowest BCUT2D eigenvalue weighted by Gasteiger charge is -2.31. The van der Waals surface area contributed by atoms with E-state index in [1.165, 1.54) is 0 Å². The van der Waals surface area contributed by atoms with Gasteiger partial charge in [0.25, 0.3) is 0 Å². The Labute approximate surface area is 117 Å². The number of amides is 1. The van der Waals surface area contributed by atoms with Crippen LogP contribution in [0.2, 0.25) is 0 Å². The SMILES string of the molecule is CC(C)OCCCCNC(=O)C1CCC(N)CC1C. The molecule has 1 aliphatic rings. The number of carbonyl (C=O) groups excluding carboxylic acids is 1. The van der Waals surface area contributed by atoms with Crippen molar-refractivity contribution in [2.24, 2.45) is 17.6 Å². The zero-order chi connectivity index (χ0) is 14.3. The Morgan fingerprint density at radius 1 is 1.37 bits per heavy atom. The number of carbonyl (C=O) groups is 1. The molecule has 0 aliphatic heterocycles. The van der Waals surface area contributed by atoms with Crippen molar-refractivity contribution in [3.63, 3.8) is 0 Å². The van der Waals surface area contributed by atoms with E-state index in [1.807, 2.05) is 13.8 Å². The minimum atomic E-state index is 0.159. The van der Waals surface area contributed by atoms with Crippen LogP contribution < -0.4 is 11.1 Å². The van der Waals surface area contributed by atoms with E-state index >= 15 is 0 Å². The van der Waals surface area contributed by atoms with Crippen LogP contribution in [0.1, 0.15) is 52.9 Å². The maximum atomic E-state index is 12.1. The van der Waals surface area contributed by atoms with Crippen LogP contribution in [0.25, 0.3) is 0 Å². The molecule has 0 heterocycles. The van der Waals surface area contributed by atoms with Gasteiger partial charge >= 0.3 is 0 Å². The first kappa shape index (κ1) is 16.4. The van der Waals surface area contributed by atoms with Gasteiger partial charge in [-0.3, -0.25) is 4.79 Å². The third-order valence-electron chi connectivity index (χ3n) is 3.87. The van der Waals surface area contributed by atoms with E-state index in [2.05, 4.69) is 12.2 Å². The summed E-state index contributed by atoms with van der Waals surface area (Å²) in [5.41, 5.74) is 5.92. The molecular formula is C15H30N2O2. The fraction of sp³-hybridized carbons (Fsp3) is 0.933. The van der Waals surface area contributed by atoms with Gasteiger partial charge in [-0.2, -0.15) is 0 Å². The molecule has 1 rings (SSSR count). The van der Waals surface area contributed by atoms with E-state index in [1.54, 1.807) is 0 Å². The van der Waals surface area contributed by atoms with Crippen molar-refractivity contribution in [2.45, 2.75) is 65.0 Å². The Morgan fingerprint density at radius 2 is 2.11 bits per heavy atom. The van der Waals surface area contributed by atoms with Crippen molar-refractivity contribution in [3.8, 4) is 0 Å². The molecule has 0 bridgehead atoms. The molecule has 1 fully saturated rings. The van der Waals surface area contributed by atoms with Crippen LogP contribution in [0, 0.1) is 11.8 Å². The van der Waals surface area contributed by atoms with Gasteiger partial charge in [0.2, 0.25) is 5.91 Å². The highest BCUT2D eigenvalue weighted by molar-refractivity contribution is 5.79. The summed E-state index contributed by atoms with van der Waals surface area (Å²) in [6.45, 7) is 7.76. The number of hydrogen-bond donors (Lipinski definition) is 2. The van der Waals surface area contributed by atoms with Gasteiger partial charge in [0.1, 0.15) is 0 Å². The molecule has 112 valence electrons. The molecular weight excluding hydrogens is 240 g/mol. The van der Waals surface area contributed by atoms with E-state index in [0.717, 1.165) is 45.3 Å². The van der Waals surface area contributed by atoms with Crippen LogP contribution in [-0.2, 0) is 9.53 Å². The minimum Gasteiger partial charge on any atom is -0.379 e. The zero-order valence-corrected chi connectivity index (χ0v) is 12.7. The van der Waals surface area contributed by atoms with Crippen LogP contribution in [-0.4, -0.2) is 31.2 Å². The second-order valence-electron chi connectivity index (χ2n) is 6.07. The van der Waals surface area contributed by atoms with Crippen molar-refractivity contribution in [2.75, 3.05) is 13.2 Å². The molecule has 0 aromatic heterocycles. The highest BCUT2D eigenvalue weighted by Crippen LogP contribution is 2.29. The summed E-state index contributed by atoms with van der Waals surface area (Å²) in [6.07, 6.45) is 5.17. The number of unbranched alkanes of at least 4 members (excludes halogenated alkanes) is 1. The average Bonchev–Trinajstić information content (AvgIpc) is 2.32. The third kappa shape index (κ3) is 6.39. The molecule has 3 atom stereocenters. The average molecular weight is 270 g/mol. The second kappa shape index (κ2) is 8.54. The van der Waals surface area contributed by atoms with Gasteiger partial charge in [-0.15, -0.1) is 0 Å². The van der Waals surface area contributed by atoms with Crippen LogP contribution in [0.3, 0.4) is 0 Å². The molecule has 0 radical (unpaired) electrons. The Balaban J connectivity index is 2.10. The molecule has 4 heteroatoms. The second-order valence-corrected chi connectivity index (χ2v) is 6.07. The van der Waals surface area contributed by atoms with Gasteiger partial charge in [-0.25, -0.2) is 0 Å². The summed E-state index contributed by atoms with van der Waals surface area (Å²) in [6, 6.07) is 0.284. The quantitative estimate of drug-likeness (QED) is 0.696. The lowest BCUT2D eigenvalue weighted by Crippen LogP contribution is -2.41. The zero-order valence-electron chi connectivity index (χ0n) is 12.7. The number of nitrogens with two attached hydrogens (primary N) is 1. The monoisotopic (exact) mass is 270 g/mol. The molecule has 3 unspecified atom stereocenters. The van der Waals surface area contributed by atoms with Gasteiger partial charge in [-0.05, 0) is 51.9 Å². The van der Waals surface area contributed by atoms with Crippen molar-refractivity contribution in [3.05, 3.63) is 0 Å². The van der Waals surface area contributed by atoms with Crippen LogP contribution >= 0.6 is 0 Å². The number of ether oxygens (including phenoxy) is 1. The smallest absolute Gasteiger partial charge is 0.223 e. The van der Waals surface area contributed by atoms with Gasteiger partial charge in [0, 0.05) is 25.1 Å². The molecule has 1 saturated carbocycles. The van der Waals surface area contributed by atoms with E-state index in [-0.39, 0.29) is 17.9 Å². The predicted molar refractivity (Wildman–Crippen MR) is 77.8 cm³/mol. The third-order valence-corrected chi connectivity index (χ3v) is 3.87. The Hall–Kier alpha value is -0.610. The normalized spacial score (nSPS) is 27.5. The molecule has 1 aliphatic carbocycles. The molecule has 0 saturated heterocycles. The topological polar surface area (TPSA) is 64.3 Å². The summed E-state index contributed by atoms with van der Waals surface area (Å²) < 4.78 is 5.47. The largest absolute Gasteiger partial charge is 0.379 e. The van der Waals surface area contributed by atoms with Gasteiger partial charge in [0.15, 0.2) is 0 Å². The van der Waals surface area contributed by atoms with Crippen LogP contribution in [0.15, 0.2) is 0 Å². The maximum Gasteiger partial charge on any atom is 0.223 e. The van der Waals surface area contributed by atoms with Gasteiger partial charge < -0.3 is 15.8 Å². The number of hydrogen-bond acceptors (Lipinski definition) is 3. The maximum absolute atomic E-state index is 12.1. The van der Waals surface area contributed by atoms with Crippen molar-refractivity contribution >= 4 is 5.91 Å². The highest BCUT2D eigenvalue weighted by atomic mass is 16.5. The molecule has 1 amide bonds. The first-order valence-electron chi connectivity index (χ1n) is 7.65. The van der Waals surface area contributed by atoms with Gasteiger partial charge in [-0.1, -0.05) is 6.92 Å². The molecule has 19 heavy (non-hydrogen) atoms. The molecule has 4 nitrogen and oxygen atoms in total. The molecule has 3 N–H and O–H groups in total. The minimum absolute atomic E-state index is 0.159. The van der Waals surface area contributed by atoms with Crippen LogP contribution in [0.5, 0.6) is 0 Å². The fourth-order valence-electron chi connectivity index (χ4n) is 2.72. The first-order chi connectivity index (χ1) is 9.00. The number of nitrogens with one attached hydrogen (secondary N) is 1. The van der Waals surface area contributed by atoms with E-state index in [4.69, 9.17) is 10.5 Å². The summed E-state index contributed by atoms with van der Waals surface area (Å²) in [5, 5.41) is 3.05. The fourth-order valence-corrected chi connectivity index (χ4v) is 2.72. The predicted octanol–water partition coefficient (Wildman–Crippen LogP) is 2.07. The highest BCUT2D eigenvalue weighted by Gasteiger charge is 2.30. The standard InChI is InChI=1S/C15H30N2O2/c1-11(2)19-9-5-4-8-17-15(18)14-7-6-13(16)10-12(14)3/h11-14H,4-10,16H2,1-3H3,(H,17,18). The van der Waals surface area contributed by atoms with Crippen molar-refractivity contribution in [1.82, 2.24) is 5.32 Å². The van der Waals surface area contributed by atoms with E-state index < -0.39 is 0 Å². The van der Waals surface area contributed by atoms with Crippen molar-refractivity contribution in [1.29, 1.82) is 0 Å². The Bertz CT molecular complexity index is 269. The Kier molecular flexibility index (Phi) is 7.39.